The third kappa shape index (κ3) is 6.53. The van der Waals surface area contributed by atoms with Gasteiger partial charge in [0.05, 0.1) is 17.2 Å². The first kappa shape index (κ1) is 21.2. The molecule has 0 saturated carbocycles. The molecular weight excluding hydrogens is 388 g/mol. The molecule has 6 nitrogen and oxygen atoms in total. The first-order valence-corrected chi connectivity index (χ1v) is 11.9. The predicted octanol–water partition coefficient (Wildman–Crippen LogP) is 3.44. The molecule has 0 radical (unpaired) electrons. The number of rotatable bonds is 8. The second kappa shape index (κ2) is 10.9. The van der Waals surface area contributed by atoms with Gasteiger partial charge in [0.25, 0.3) is 0 Å². The maximum absolute atomic E-state index is 4.71. The van der Waals surface area contributed by atoms with E-state index in [0.29, 0.717) is 12.5 Å². The van der Waals surface area contributed by atoms with Gasteiger partial charge < -0.3 is 10.6 Å². The van der Waals surface area contributed by atoms with Crippen LogP contribution in [0.25, 0.3) is 0 Å². The van der Waals surface area contributed by atoms with E-state index >= 15 is 0 Å². The molecule has 2 aromatic heterocycles. The monoisotopic (exact) mass is 420 g/mol. The van der Waals surface area contributed by atoms with E-state index in [0.717, 1.165) is 50.1 Å². The van der Waals surface area contributed by atoms with Crippen molar-refractivity contribution in [3.8, 4) is 0 Å². The molecule has 1 aliphatic heterocycles. The van der Waals surface area contributed by atoms with Gasteiger partial charge in [-0.1, -0.05) is 6.92 Å². The Bertz CT molecular complexity index is 745. The summed E-state index contributed by atoms with van der Waals surface area (Å²) in [5.74, 6) is 1.59. The van der Waals surface area contributed by atoms with E-state index in [-0.39, 0.29) is 0 Å². The number of hydrogen-bond acceptors (Lipinski definition) is 6. The van der Waals surface area contributed by atoms with Crippen LogP contribution in [0.4, 0.5) is 0 Å². The lowest BCUT2D eigenvalue weighted by atomic mass is 9.97. The highest BCUT2D eigenvalue weighted by atomic mass is 32.1. The van der Waals surface area contributed by atoms with E-state index in [1.807, 2.05) is 6.20 Å². The third-order valence-electron chi connectivity index (χ3n) is 4.94. The summed E-state index contributed by atoms with van der Waals surface area (Å²) < 4.78 is 0. The molecule has 28 heavy (non-hydrogen) atoms. The van der Waals surface area contributed by atoms with E-state index in [9.17, 15) is 0 Å². The quantitative estimate of drug-likeness (QED) is 0.506. The van der Waals surface area contributed by atoms with Crippen molar-refractivity contribution in [1.29, 1.82) is 0 Å². The number of aryl methyl sites for hydroxylation is 2. The first-order valence-electron chi connectivity index (χ1n) is 10.2. The largest absolute Gasteiger partial charge is 0.357 e. The molecular formula is C20H32N6S2. The van der Waals surface area contributed by atoms with Gasteiger partial charge in [-0.15, -0.1) is 22.7 Å². The van der Waals surface area contributed by atoms with Crippen LogP contribution in [-0.2, 0) is 19.5 Å². The second-order valence-electron chi connectivity index (χ2n) is 7.25. The number of nitrogens with one attached hydrogen (secondary N) is 2. The summed E-state index contributed by atoms with van der Waals surface area (Å²) in [5, 5.41) is 11.4. The van der Waals surface area contributed by atoms with Gasteiger partial charge in [-0.2, -0.15) is 0 Å². The van der Waals surface area contributed by atoms with E-state index in [2.05, 4.69) is 51.7 Å². The van der Waals surface area contributed by atoms with Gasteiger partial charge in [-0.25, -0.2) is 15.0 Å². The van der Waals surface area contributed by atoms with Crippen molar-refractivity contribution in [3.05, 3.63) is 32.2 Å². The van der Waals surface area contributed by atoms with Crippen LogP contribution >= 0.6 is 22.7 Å². The molecule has 0 unspecified atom stereocenters. The number of aliphatic imine (C=N–C) groups is 1. The lowest BCUT2D eigenvalue weighted by Gasteiger charge is -2.31. The van der Waals surface area contributed by atoms with Gasteiger partial charge in [0.15, 0.2) is 5.96 Å². The van der Waals surface area contributed by atoms with Crippen LogP contribution < -0.4 is 10.6 Å². The minimum absolute atomic E-state index is 0.639. The van der Waals surface area contributed by atoms with Crippen molar-refractivity contribution >= 4 is 28.6 Å². The topological polar surface area (TPSA) is 65.4 Å². The number of thiazole rings is 2. The van der Waals surface area contributed by atoms with Crippen molar-refractivity contribution in [3.63, 3.8) is 0 Å². The van der Waals surface area contributed by atoms with Crippen molar-refractivity contribution in [2.45, 2.75) is 53.1 Å². The molecule has 154 valence electrons. The highest BCUT2D eigenvalue weighted by Gasteiger charge is 2.20. The van der Waals surface area contributed by atoms with Crippen LogP contribution in [0.1, 0.15) is 47.3 Å². The predicted molar refractivity (Wildman–Crippen MR) is 119 cm³/mol. The Morgan fingerprint density at radius 2 is 2.07 bits per heavy atom. The van der Waals surface area contributed by atoms with Gasteiger partial charge in [0.1, 0.15) is 5.01 Å². The Labute approximate surface area is 176 Å². The number of hydrogen-bond donors (Lipinski definition) is 2. The molecule has 0 aromatic carbocycles. The van der Waals surface area contributed by atoms with Crippen molar-refractivity contribution in [2.24, 2.45) is 10.9 Å². The number of nitrogens with zero attached hydrogens (tertiary/aromatic N) is 4. The van der Waals surface area contributed by atoms with Crippen LogP contribution in [-0.4, -0.2) is 47.0 Å². The summed E-state index contributed by atoms with van der Waals surface area (Å²) >= 11 is 3.50. The SMILES string of the molecule is CCNC(=NCc1ncc(C)s1)NCC1CCN(Cc2csc(CC)n2)CC1. The molecule has 0 bridgehead atoms. The third-order valence-corrected chi connectivity index (χ3v) is 6.88. The first-order chi connectivity index (χ1) is 13.7. The van der Waals surface area contributed by atoms with Gasteiger partial charge in [-0.3, -0.25) is 4.90 Å². The summed E-state index contributed by atoms with van der Waals surface area (Å²) in [6, 6.07) is 0. The van der Waals surface area contributed by atoms with Gasteiger partial charge in [-0.05, 0) is 52.1 Å². The molecule has 0 amide bonds. The molecule has 0 atom stereocenters. The number of aromatic nitrogens is 2. The van der Waals surface area contributed by atoms with Crippen molar-refractivity contribution in [2.75, 3.05) is 26.2 Å². The fourth-order valence-corrected chi connectivity index (χ4v) is 4.81. The molecule has 3 rings (SSSR count). The average Bonchev–Trinajstić information content (AvgIpc) is 3.33. The van der Waals surface area contributed by atoms with E-state index in [4.69, 9.17) is 4.98 Å². The van der Waals surface area contributed by atoms with E-state index in [1.54, 1.807) is 22.7 Å². The number of guanidine groups is 1. The summed E-state index contributed by atoms with van der Waals surface area (Å²) in [4.78, 5) is 17.6. The molecule has 1 fully saturated rings. The van der Waals surface area contributed by atoms with Crippen LogP contribution in [0, 0.1) is 12.8 Å². The fourth-order valence-electron chi connectivity index (χ4n) is 3.37. The zero-order valence-electron chi connectivity index (χ0n) is 17.2. The standard InChI is InChI=1S/C20H32N6S2/c1-4-18-25-17(14-27-18)13-26-8-6-16(7-9-26)11-23-20(21-5-2)24-12-19-22-10-15(3)28-19/h10,14,16H,4-9,11-13H2,1-3H3,(H2,21,23,24). The maximum atomic E-state index is 4.71. The normalized spacial score (nSPS) is 16.5. The van der Waals surface area contributed by atoms with Crippen LogP contribution in [0.2, 0.25) is 0 Å². The summed E-state index contributed by atoms with van der Waals surface area (Å²) in [7, 11) is 0. The molecule has 3 heterocycles. The van der Waals surface area contributed by atoms with Crippen molar-refractivity contribution in [1.82, 2.24) is 25.5 Å². The number of likely N-dealkylation sites (tertiary alicyclic amines) is 1. The lowest BCUT2D eigenvalue weighted by molar-refractivity contribution is 0.176. The number of piperidine rings is 1. The van der Waals surface area contributed by atoms with Gasteiger partial charge in [0.2, 0.25) is 0 Å². The summed E-state index contributed by atoms with van der Waals surface area (Å²) in [6.07, 6.45) is 5.40. The molecule has 2 aromatic rings. The molecule has 1 saturated heterocycles. The minimum Gasteiger partial charge on any atom is -0.357 e. The van der Waals surface area contributed by atoms with Crippen LogP contribution in [0.15, 0.2) is 16.6 Å². The van der Waals surface area contributed by atoms with Gasteiger partial charge in [0, 0.05) is 36.1 Å². The maximum Gasteiger partial charge on any atom is 0.191 e. The van der Waals surface area contributed by atoms with E-state index in [1.165, 1.54) is 28.4 Å². The Morgan fingerprint density at radius 3 is 2.71 bits per heavy atom. The van der Waals surface area contributed by atoms with Gasteiger partial charge >= 0.3 is 0 Å². The molecule has 8 heteroatoms. The Kier molecular flexibility index (Phi) is 8.24. The average molecular weight is 421 g/mol. The lowest BCUT2D eigenvalue weighted by Crippen LogP contribution is -2.42. The fraction of sp³-hybridized carbons (Fsp3) is 0.650. The van der Waals surface area contributed by atoms with Crippen LogP contribution in [0.3, 0.4) is 0 Å². The summed E-state index contributed by atoms with van der Waals surface area (Å²) in [6.45, 7) is 12.1. The summed E-state index contributed by atoms with van der Waals surface area (Å²) in [5.41, 5.74) is 1.23. The Balaban J connectivity index is 1.41. The highest BCUT2D eigenvalue weighted by Crippen LogP contribution is 2.19. The Morgan fingerprint density at radius 1 is 1.25 bits per heavy atom. The highest BCUT2D eigenvalue weighted by molar-refractivity contribution is 7.11. The van der Waals surface area contributed by atoms with E-state index < -0.39 is 0 Å². The molecule has 2 N–H and O–H groups in total. The molecule has 0 spiro atoms. The zero-order chi connectivity index (χ0) is 19.8. The van der Waals surface area contributed by atoms with Crippen LogP contribution in [0.5, 0.6) is 0 Å². The molecule has 1 aliphatic rings. The molecule has 0 aliphatic carbocycles. The minimum atomic E-state index is 0.639. The Hall–Kier alpha value is -1.51. The smallest absolute Gasteiger partial charge is 0.191 e. The van der Waals surface area contributed by atoms with Crippen molar-refractivity contribution < 1.29 is 0 Å². The zero-order valence-corrected chi connectivity index (χ0v) is 18.8. The second-order valence-corrected chi connectivity index (χ2v) is 9.51.